The summed E-state index contributed by atoms with van der Waals surface area (Å²) in [5.41, 5.74) is 0. The van der Waals surface area contributed by atoms with Crippen molar-refractivity contribution < 1.29 is 23.5 Å². The molecule has 0 aromatic rings. The van der Waals surface area contributed by atoms with Crippen molar-refractivity contribution in [3.05, 3.63) is 0 Å². The highest BCUT2D eigenvalue weighted by atomic mass is 19.3. The molecule has 0 aromatic heterocycles. The zero-order valence-corrected chi connectivity index (χ0v) is 8.32. The molecule has 4 nitrogen and oxygen atoms in total. The van der Waals surface area contributed by atoms with E-state index in [0.29, 0.717) is 0 Å². The Kier molecular flexibility index (Phi) is 3.73. The van der Waals surface area contributed by atoms with Gasteiger partial charge in [0.25, 0.3) is 6.43 Å². The highest BCUT2D eigenvalue weighted by Crippen LogP contribution is 2.25. The minimum Gasteiger partial charge on any atom is -0.481 e. The Morgan fingerprint density at radius 3 is 2.27 bits per heavy atom. The average molecular weight is 221 g/mol. The third-order valence-corrected chi connectivity index (χ3v) is 2.63. The van der Waals surface area contributed by atoms with Gasteiger partial charge in [-0.05, 0) is 6.92 Å². The first kappa shape index (κ1) is 12.0. The molecule has 1 aliphatic rings. The van der Waals surface area contributed by atoms with E-state index in [0.717, 1.165) is 0 Å². The summed E-state index contributed by atoms with van der Waals surface area (Å²) in [6.45, 7) is 0.987. The molecule has 86 valence electrons. The van der Waals surface area contributed by atoms with Crippen molar-refractivity contribution in [2.75, 3.05) is 19.6 Å². The fourth-order valence-electron chi connectivity index (χ4n) is 1.89. The number of alkyl halides is 2. The van der Waals surface area contributed by atoms with E-state index in [1.807, 2.05) is 0 Å². The van der Waals surface area contributed by atoms with Crippen molar-refractivity contribution >= 4 is 11.8 Å². The lowest BCUT2D eigenvalue weighted by atomic mass is 9.93. The Balaban J connectivity index is 2.65. The summed E-state index contributed by atoms with van der Waals surface area (Å²) >= 11 is 0. The van der Waals surface area contributed by atoms with Gasteiger partial charge >= 0.3 is 5.97 Å². The number of carboxylic acids is 1. The molecule has 6 heteroatoms. The van der Waals surface area contributed by atoms with Crippen LogP contribution in [-0.4, -0.2) is 47.8 Å². The van der Waals surface area contributed by atoms with Crippen molar-refractivity contribution in [3.8, 4) is 0 Å². The average Bonchev–Trinajstić information content (AvgIpc) is 2.46. The first-order valence-corrected chi connectivity index (χ1v) is 4.65. The van der Waals surface area contributed by atoms with Crippen molar-refractivity contribution in [1.29, 1.82) is 0 Å². The minimum atomic E-state index is -2.50. The molecule has 1 rings (SSSR count). The number of hydrogen-bond acceptors (Lipinski definition) is 3. The summed E-state index contributed by atoms with van der Waals surface area (Å²) in [5.74, 6) is -2.84. The maximum atomic E-state index is 12.1. The van der Waals surface area contributed by atoms with Crippen LogP contribution < -0.4 is 0 Å². The molecule has 1 saturated heterocycles. The van der Waals surface area contributed by atoms with Gasteiger partial charge in [0.1, 0.15) is 5.78 Å². The maximum Gasteiger partial charge on any atom is 0.308 e. The molecule has 0 aliphatic carbocycles. The molecular weight excluding hydrogens is 208 g/mol. The van der Waals surface area contributed by atoms with E-state index in [2.05, 4.69) is 0 Å². The third-order valence-electron chi connectivity index (χ3n) is 2.63. The fraction of sp³-hybridized carbons (Fsp3) is 0.778. The van der Waals surface area contributed by atoms with Gasteiger partial charge in [0, 0.05) is 19.0 Å². The van der Waals surface area contributed by atoms with Crippen LogP contribution in [0.4, 0.5) is 8.78 Å². The topological polar surface area (TPSA) is 57.6 Å². The Bertz CT molecular complexity index is 248. The van der Waals surface area contributed by atoms with Crippen LogP contribution >= 0.6 is 0 Å². The molecule has 1 heterocycles. The summed E-state index contributed by atoms with van der Waals surface area (Å²) in [6.07, 6.45) is -2.50. The van der Waals surface area contributed by atoms with Gasteiger partial charge < -0.3 is 5.11 Å². The van der Waals surface area contributed by atoms with Crippen LogP contribution in [-0.2, 0) is 9.59 Å². The lowest BCUT2D eigenvalue weighted by Gasteiger charge is -2.13. The highest BCUT2D eigenvalue weighted by Gasteiger charge is 2.40. The quantitative estimate of drug-likeness (QED) is 0.749. The molecule has 0 bridgehead atoms. The second-order valence-corrected chi connectivity index (χ2v) is 3.77. The van der Waals surface area contributed by atoms with Crippen LogP contribution in [0.5, 0.6) is 0 Å². The number of rotatable bonds is 4. The molecule has 0 aromatic carbocycles. The summed E-state index contributed by atoms with van der Waals surface area (Å²) in [4.78, 5) is 23.2. The Morgan fingerprint density at radius 2 is 1.93 bits per heavy atom. The number of aliphatic carboxylic acids is 1. The first-order chi connectivity index (χ1) is 6.91. The van der Waals surface area contributed by atoms with Crippen LogP contribution in [0.25, 0.3) is 0 Å². The van der Waals surface area contributed by atoms with E-state index in [-0.39, 0.29) is 18.9 Å². The lowest BCUT2D eigenvalue weighted by Crippen LogP contribution is -2.27. The van der Waals surface area contributed by atoms with Gasteiger partial charge in [-0.3, -0.25) is 14.5 Å². The molecule has 1 fully saturated rings. The number of nitrogens with zero attached hydrogens (tertiary/aromatic N) is 1. The maximum absolute atomic E-state index is 12.1. The van der Waals surface area contributed by atoms with E-state index in [1.165, 1.54) is 11.8 Å². The van der Waals surface area contributed by atoms with Gasteiger partial charge in [0.15, 0.2) is 0 Å². The number of halogens is 2. The van der Waals surface area contributed by atoms with Crippen molar-refractivity contribution in [3.63, 3.8) is 0 Å². The molecule has 1 N–H and O–H groups in total. The fourth-order valence-corrected chi connectivity index (χ4v) is 1.89. The SMILES string of the molecule is CC(=O)[C@@H]1CN(CC(F)F)C[C@@H]1C(=O)O. The number of likely N-dealkylation sites (tertiary alicyclic amines) is 1. The van der Waals surface area contributed by atoms with Gasteiger partial charge in [0.05, 0.1) is 12.5 Å². The number of carboxylic acid groups (broad SMARTS) is 1. The standard InChI is InChI=1S/C9H13F2NO3/c1-5(13)6-2-12(4-8(10)11)3-7(6)9(14)15/h6-8H,2-4H2,1H3,(H,14,15)/t6-,7-/m0/s1. The number of carbonyl (C=O) groups is 2. The smallest absolute Gasteiger partial charge is 0.308 e. The molecule has 0 spiro atoms. The lowest BCUT2D eigenvalue weighted by molar-refractivity contribution is -0.144. The van der Waals surface area contributed by atoms with E-state index < -0.39 is 30.8 Å². The first-order valence-electron chi connectivity index (χ1n) is 4.65. The van der Waals surface area contributed by atoms with Crippen LogP contribution in [0.15, 0.2) is 0 Å². The third kappa shape index (κ3) is 2.95. The molecule has 0 unspecified atom stereocenters. The van der Waals surface area contributed by atoms with Gasteiger partial charge in [0.2, 0.25) is 0 Å². The Hall–Kier alpha value is -1.04. The van der Waals surface area contributed by atoms with Crippen molar-refractivity contribution in [2.45, 2.75) is 13.3 Å². The summed E-state index contributed by atoms with van der Waals surface area (Å²) < 4.78 is 24.1. The summed E-state index contributed by atoms with van der Waals surface area (Å²) in [6, 6.07) is 0. The van der Waals surface area contributed by atoms with E-state index in [4.69, 9.17) is 5.11 Å². The predicted octanol–water partition coefficient (Wildman–Crippen LogP) is 0.473. The minimum absolute atomic E-state index is 0.0317. The molecule has 15 heavy (non-hydrogen) atoms. The summed E-state index contributed by atoms with van der Waals surface area (Å²) in [7, 11) is 0. The molecule has 2 atom stereocenters. The molecule has 0 radical (unpaired) electrons. The zero-order valence-electron chi connectivity index (χ0n) is 8.32. The second kappa shape index (κ2) is 4.65. The van der Waals surface area contributed by atoms with Gasteiger partial charge in [-0.15, -0.1) is 0 Å². The number of ketones is 1. The van der Waals surface area contributed by atoms with Crippen LogP contribution in [0.3, 0.4) is 0 Å². The van der Waals surface area contributed by atoms with Crippen molar-refractivity contribution in [1.82, 2.24) is 4.90 Å². The van der Waals surface area contributed by atoms with E-state index in [1.54, 1.807) is 0 Å². The van der Waals surface area contributed by atoms with Crippen LogP contribution in [0.1, 0.15) is 6.92 Å². The van der Waals surface area contributed by atoms with Gasteiger partial charge in [-0.2, -0.15) is 0 Å². The normalized spacial score (nSPS) is 27.2. The van der Waals surface area contributed by atoms with E-state index >= 15 is 0 Å². The zero-order chi connectivity index (χ0) is 11.6. The highest BCUT2D eigenvalue weighted by molar-refractivity contribution is 5.85. The molecule has 1 aliphatic heterocycles. The Morgan fingerprint density at radius 1 is 1.40 bits per heavy atom. The number of hydrogen-bond donors (Lipinski definition) is 1. The van der Waals surface area contributed by atoms with Crippen LogP contribution in [0.2, 0.25) is 0 Å². The monoisotopic (exact) mass is 221 g/mol. The number of carbonyl (C=O) groups excluding carboxylic acids is 1. The van der Waals surface area contributed by atoms with Crippen molar-refractivity contribution in [2.24, 2.45) is 11.8 Å². The number of Topliss-reactive ketones (excluding diaryl/α,β-unsaturated/α-hetero) is 1. The largest absolute Gasteiger partial charge is 0.481 e. The second-order valence-electron chi connectivity index (χ2n) is 3.77. The molecule has 0 amide bonds. The predicted molar refractivity (Wildman–Crippen MR) is 47.7 cm³/mol. The van der Waals surface area contributed by atoms with Gasteiger partial charge in [-0.1, -0.05) is 0 Å². The molecule has 0 saturated carbocycles. The van der Waals surface area contributed by atoms with Crippen LogP contribution in [0, 0.1) is 11.8 Å². The van der Waals surface area contributed by atoms with Gasteiger partial charge in [-0.25, -0.2) is 8.78 Å². The summed E-state index contributed by atoms with van der Waals surface area (Å²) in [5, 5.41) is 8.82. The molecular formula is C9H13F2NO3. The Labute approximate surface area is 85.9 Å². The van der Waals surface area contributed by atoms with E-state index in [9.17, 15) is 18.4 Å².